The van der Waals surface area contributed by atoms with Gasteiger partial charge in [0, 0.05) is 13.1 Å². The van der Waals surface area contributed by atoms with Crippen molar-refractivity contribution in [2.45, 2.75) is 0 Å². The summed E-state index contributed by atoms with van der Waals surface area (Å²) in [6.45, 7) is 0. The van der Waals surface area contributed by atoms with Crippen LogP contribution >= 0.6 is 0 Å². The molecular formula is C7H5F3N2O. The molecule has 0 spiro atoms. The lowest BCUT2D eigenvalue weighted by atomic mass is 10.2. The maximum absolute atomic E-state index is 12.8. The number of carbonyl (C=O) groups excluding carboxylic acids is 1. The van der Waals surface area contributed by atoms with Crippen LogP contribution in [0.25, 0.3) is 0 Å². The van der Waals surface area contributed by atoms with Gasteiger partial charge in [-0.3, -0.25) is 4.79 Å². The second-order valence-electron chi connectivity index (χ2n) is 2.18. The van der Waals surface area contributed by atoms with E-state index in [1.165, 1.54) is 7.05 Å². The monoisotopic (exact) mass is 190 g/mol. The van der Waals surface area contributed by atoms with Gasteiger partial charge in [0.2, 0.25) is 5.95 Å². The number of nitrogens with zero attached hydrogens (tertiary/aromatic N) is 1. The zero-order chi connectivity index (χ0) is 10.0. The Morgan fingerprint density at radius 1 is 1.46 bits per heavy atom. The molecule has 1 aromatic rings. The molecule has 0 aromatic carbocycles. The molecule has 1 aromatic heterocycles. The summed E-state index contributed by atoms with van der Waals surface area (Å²) in [6.07, 6.45) is 0. The highest BCUT2D eigenvalue weighted by molar-refractivity contribution is 5.94. The first-order chi connectivity index (χ1) is 6.06. The number of rotatable bonds is 1. The Balaban J connectivity index is 3.28. The van der Waals surface area contributed by atoms with E-state index in [-0.39, 0.29) is 0 Å². The molecule has 0 unspecified atom stereocenters. The molecule has 0 saturated heterocycles. The zero-order valence-corrected chi connectivity index (χ0v) is 6.57. The molecule has 70 valence electrons. The Morgan fingerprint density at radius 3 is 2.62 bits per heavy atom. The van der Waals surface area contributed by atoms with E-state index in [2.05, 4.69) is 4.98 Å². The number of nitrogens with one attached hydrogen (secondary N) is 1. The molecule has 0 saturated carbocycles. The summed E-state index contributed by atoms with van der Waals surface area (Å²) in [5.74, 6) is -5.23. The van der Waals surface area contributed by atoms with Crippen molar-refractivity contribution in [2.24, 2.45) is 0 Å². The van der Waals surface area contributed by atoms with Gasteiger partial charge in [0.05, 0.1) is 5.56 Å². The molecule has 13 heavy (non-hydrogen) atoms. The van der Waals surface area contributed by atoms with Crippen LogP contribution in [0.15, 0.2) is 6.07 Å². The second-order valence-corrected chi connectivity index (χ2v) is 2.18. The van der Waals surface area contributed by atoms with E-state index in [9.17, 15) is 18.0 Å². The third kappa shape index (κ3) is 1.77. The van der Waals surface area contributed by atoms with Crippen LogP contribution in [0.3, 0.4) is 0 Å². The van der Waals surface area contributed by atoms with Crippen molar-refractivity contribution in [1.82, 2.24) is 10.3 Å². The molecule has 0 bridgehead atoms. The molecule has 0 fully saturated rings. The Labute approximate surface area is 71.6 Å². The highest BCUT2D eigenvalue weighted by Gasteiger charge is 2.17. The molecule has 0 atom stereocenters. The number of hydrogen-bond acceptors (Lipinski definition) is 2. The Bertz CT molecular complexity index is 354. The minimum absolute atomic E-state index is 0.525. The number of amides is 1. The number of halogens is 3. The van der Waals surface area contributed by atoms with Gasteiger partial charge in [-0.25, -0.2) is 4.39 Å². The minimum Gasteiger partial charge on any atom is -0.355 e. The summed E-state index contributed by atoms with van der Waals surface area (Å²) < 4.78 is 37.6. The summed E-state index contributed by atoms with van der Waals surface area (Å²) in [5.41, 5.74) is -0.701. The molecular weight excluding hydrogens is 185 g/mol. The third-order valence-electron chi connectivity index (χ3n) is 1.36. The topological polar surface area (TPSA) is 42.0 Å². The predicted octanol–water partition coefficient (Wildman–Crippen LogP) is 0.859. The van der Waals surface area contributed by atoms with Crippen molar-refractivity contribution < 1.29 is 18.0 Å². The number of carbonyl (C=O) groups is 1. The molecule has 1 rings (SSSR count). The Kier molecular flexibility index (Phi) is 2.50. The van der Waals surface area contributed by atoms with Crippen LogP contribution in [-0.4, -0.2) is 17.9 Å². The van der Waals surface area contributed by atoms with Crippen LogP contribution in [0.2, 0.25) is 0 Å². The molecule has 1 heterocycles. The quantitative estimate of drug-likeness (QED) is 0.667. The molecule has 0 aliphatic rings. The van der Waals surface area contributed by atoms with E-state index in [0.29, 0.717) is 6.07 Å². The predicted molar refractivity (Wildman–Crippen MR) is 37.5 cm³/mol. The van der Waals surface area contributed by atoms with Gasteiger partial charge in [-0.05, 0) is 0 Å². The fraction of sp³-hybridized carbons (Fsp3) is 0.143. The first-order valence-electron chi connectivity index (χ1n) is 3.30. The van der Waals surface area contributed by atoms with Gasteiger partial charge in [-0.15, -0.1) is 0 Å². The lowest BCUT2D eigenvalue weighted by Gasteiger charge is -2.01. The van der Waals surface area contributed by atoms with E-state index < -0.39 is 29.2 Å². The average molecular weight is 190 g/mol. The van der Waals surface area contributed by atoms with Crippen LogP contribution in [0.4, 0.5) is 13.2 Å². The summed E-state index contributed by atoms with van der Waals surface area (Å²) in [5, 5.41) is 2.04. The highest BCUT2D eigenvalue weighted by Crippen LogP contribution is 2.10. The summed E-state index contributed by atoms with van der Waals surface area (Å²) in [4.78, 5) is 13.4. The second kappa shape index (κ2) is 3.42. The van der Waals surface area contributed by atoms with Crippen molar-refractivity contribution in [3.8, 4) is 0 Å². The van der Waals surface area contributed by atoms with Gasteiger partial charge in [0.25, 0.3) is 11.9 Å². The van der Waals surface area contributed by atoms with Crippen molar-refractivity contribution >= 4 is 5.91 Å². The Hall–Kier alpha value is -1.59. The molecule has 3 nitrogen and oxygen atoms in total. The number of pyridine rings is 1. The van der Waals surface area contributed by atoms with E-state index in [1.807, 2.05) is 5.32 Å². The van der Waals surface area contributed by atoms with Crippen molar-refractivity contribution in [3.05, 3.63) is 29.3 Å². The third-order valence-corrected chi connectivity index (χ3v) is 1.36. The van der Waals surface area contributed by atoms with Crippen LogP contribution in [-0.2, 0) is 0 Å². The lowest BCUT2D eigenvalue weighted by molar-refractivity contribution is 0.0957. The van der Waals surface area contributed by atoms with Gasteiger partial charge in [-0.2, -0.15) is 13.8 Å². The molecule has 6 heteroatoms. The normalized spacial score (nSPS) is 9.85. The maximum atomic E-state index is 12.8. The van der Waals surface area contributed by atoms with Gasteiger partial charge in [0.1, 0.15) is 0 Å². The van der Waals surface area contributed by atoms with Gasteiger partial charge in [-0.1, -0.05) is 0 Å². The van der Waals surface area contributed by atoms with Gasteiger partial charge >= 0.3 is 0 Å². The van der Waals surface area contributed by atoms with E-state index in [1.54, 1.807) is 0 Å². The SMILES string of the molecule is CNC(=O)c1cc(F)nc(F)c1F. The first-order valence-corrected chi connectivity index (χ1v) is 3.30. The van der Waals surface area contributed by atoms with Crippen molar-refractivity contribution in [2.75, 3.05) is 7.05 Å². The standard InChI is InChI=1S/C7H5F3N2O/c1-11-7(13)3-2-4(8)12-6(10)5(3)9/h2H,1H3,(H,11,13). The Morgan fingerprint density at radius 2 is 2.08 bits per heavy atom. The van der Waals surface area contributed by atoms with E-state index in [0.717, 1.165) is 0 Å². The molecule has 0 aliphatic carbocycles. The van der Waals surface area contributed by atoms with Crippen LogP contribution in [0.1, 0.15) is 10.4 Å². The fourth-order valence-corrected chi connectivity index (χ4v) is 0.769. The molecule has 1 amide bonds. The van der Waals surface area contributed by atoms with Gasteiger partial charge in [0.15, 0.2) is 5.82 Å². The van der Waals surface area contributed by atoms with Crippen LogP contribution in [0, 0.1) is 17.7 Å². The molecule has 0 radical (unpaired) electrons. The summed E-state index contributed by atoms with van der Waals surface area (Å²) in [7, 11) is 1.22. The fourth-order valence-electron chi connectivity index (χ4n) is 0.769. The largest absolute Gasteiger partial charge is 0.355 e. The first kappa shape index (κ1) is 9.50. The van der Waals surface area contributed by atoms with Crippen molar-refractivity contribution in [1.29, 1.82) is 0 Å². The summed E-state index contributed by atoms with van der Waals surface area (Å²) >= 11 is 0. The zero-order valence-electron chi connectivity index (χ0n) is 6.57. The number of aromatic nitrogens is 1. The van der Waals surface area contributed by atoms with Crippen molar-refractivity contribution in [3.63, 3.8) is 0 Å². The maximum Gasteiger partial charge on any atom is 0.254 e. The summed E-state index contributed by atoms with van der Waals surface area (Å²) in [6, 6.07) is 0.525. The molecule has 0 aliphatic heterocycles. The minimum atomic E-state index is -1.63. The smallest absolute Gasteiger partial charge is 0.254 e. The van der Waals surface area contributed by atoms with Crippen LogP contribution in [0.5, 0.6) is 0 Å². The average Bonchev–Trinajstić information content (AvgIpc) is 2.10. The number of hydrogen-bond donors (Lipinski definition) is 1. The van der Waals surface area contributed by atoms with Crippen LogP contribution < -0.4 is 5.32 Å². The van der Waals surface area contributed by atoms with E-state index >= 15 is 0 Å². The molecule has 1 N–H and O–H groups in total. The highest BCUT2D eigenvalue weighted by atomic mass is 19.2. The van der Waals surface area contributed by atoms with E-state index in [4.69, 9.17) is 0 Å². The van der Waals surface area contributed by atoms with Gasteiger partial charge < -0.3 is 5.32 Å². The lowest BCUT2D eigenvalue weighted by Crippen LogP contribution is -2.20.